The molecule has 2 aromatic carbocycles. The number of benzene rings is 2. The van der Waals surface area contributed by atoms with Gasteiger partial charge in [-0.25, -0.2) is 4.98 Å². The molecule has 0 saturated carbocycles. The summed E-state index contributed by atoms with van der Waals surface area (Å²) >= 11 is 0. The first kappa shape index (κ1) is 17.8. The first-order valence-electron chi connectivity index (χ1n) is 8.82. The van der Waals surface area contributed by atoms with E-state index in [9.17, 15) is 0 Å². The molecule has 142 valence electrons. The summed E-state index contributed by atoms with van der Waals surface area (Å²) in [6.45, 7) is 2.56. The van der Waals surface area contributed by atoms with Crippen LogP contribution in [0.15, 0.2) is 53.1 Å². The summed E-state index contributed by atoms with van der Waals surface area (Å²) in [5, 5.41) is 5.00. The zero-order valence-corrected chi connectivity index (χ0v) is 15.8. The lowest BCUT2D eigenvalue weighted by molar-refractivity contribution is 0.340. The van der Waals surface area contributed by atoms with Crippen LogP contribution in [0.5, 0.6) is 17.4 Å². The lowest BCUT2D eigenvalue weighted by Crippen LogP contribution is -1.94. The average Bonchev–Trinajstić information content (AvgIpc) is 3.23. The predicted molar refractivity (Wildman–Crippen MR) is 105 cm³/mol. The molecule has 0 N–H and O–H groups in total. The molecule has 0 aliphatic rings. The monoisotopic (exact) mass is 377 g/mol. The van der Waals surface area contributed by atoms with Crippen molar-refractivity contribution in [1.82, 2.24) is 15.1 Å². The fraction of sp³-hybridized carbons (Fsp3) is 0.190. The quantitative estimate of drug-likeness (QED) is 0.494. The lowest BCUT2D eigenvalue weighted by atomic mass is 10.1. The van der Waals surface area contributed by atoms with Gasteiger partial charge in [-0.05, 0) is 55.5 Å². The van der Waals surface area contributed by atoms with Gasteiger partial charge in [0.1, 0.15) is 11.5 Å². The molecule has 4 rings (SSSR count). The number of nitrogens with zero attached hydrogens (tertiary/aromatic N) is 3. The van der Waals surface area contributed by atoms with Crippen LogP contribution in [0.4, 0.5) is 0 Å². The molecule has 4 aromatic rings. The number of hydrogen-bond donors (Lipinski definition) is 0. The minimum atomic E-state index is 0.401. The van der Waals surface area contributed by atoms with Crippen LogP contribution in [0, 0.1) is 0 Å². The highest BCUT2D eigenvalue weighted by atomic mass is 16.5. The van der Waals surface area contributed by atoms with E-state index in [0.717, 1.165) is 28.0 Å². The molecule has 7 nitrogen and oxygen atoms in total. The van der Waals surface area contributed by atoms with Gasteiger partial charge in [0, 0.05) is 10.9 Å². The second kappa shape index (κ2) is 7.56. The van der Waals surface area contributed by atoms with E-state index in [-0.39, 0.29) is 0 Å². The molecule has 0 aliphatic heterocycles. The van der Waals surface area contributed by atoms with E-state index in [0.29, 0.717) is 29.8 Å². The molecular weight excluding hydrogens is 358 g/mol. The largest absolute Gasteiger partial charge is 0.497 e. The summed E-state index contributed by atoms with van der Waals surface area (Å²) in [5.41, 5.74) is 2.23. The summed E-state index contributed by atoms with van der Waals surface area (Å²) < 4.78 is 21.6. The molecule has 0 atom stereocenters. The summed E-state index contributed by atoms with van der Waals surface area (Å²) in [5.74, 6) is 2.77. The van der Waals surface area contributed by atoms with Gasteiger partial charge < -0.3 is 18.7 Å². The van der Waals surface area contributed by atoms with Gasteiger partial charge in [-0.3, -0.25) is 0 Å². The van der Waals surface area contributed by atoms with E-state index in [1.807, 2.05) is 55.5 Å². The molecule has 0 spiro atoms. The van der Waals surface area contributed by atoms with Gasteiger partial charge in [0.15, 0.2) is 0 Å². The Bertz CT molecular complexity index is 1110. The molecule has 2 heterocycles. The van der Waals surface area contributed by atoms with Crippen LogP contribution >= 0.6 is 0 Å². The minimum Gasteiger partial charge on any atom is -0.497 e. The number of pyridine rings is 1. The van der Waals surface area contributed by atoms with Crippen LogP contribution < -0.4 is 14.2 Å². The molecule has 7 heteroatoms. The van der Waals surface area contributed by atoms with Crippen molar-refractivity contribution in [1.29, 1.82) is 0 Å². The molecule has 28 heavy (non-hydrogen) atoms. The molecule has 0 aliphatic carbocycles. The topological polar surface area (TPSA) is 79.5 Å². The minimum absolute atomic E-state index is 0.401. The van der Waals surface area contributed by atoms with Crippen LogP contribution in [0.1, 0.15) is 6.92 Å². The Morgan fingerprint density at radius 1 is 0.893 bits per heavy atom. The van der Waals surface area contributed by atoms with Gasteiger partial charge in [-0.15, -0.1) is 0 Å². The molecule has 0 bridgehead atoms. The second-order valence-corrected chi connectivity index (χ2v) is 5.98. The summed E-state index contributed by atoms with van der Waals surface area (Å²) in [6.07, 6.45) is 0. The summed E-state index contributed by atoms with van der Waals surface area (Å²) in [4.78, 5) is 9.06. The highest BCUT2D eigenvalue weighted by molar-refractivity contribution is 5.86. The van der Waals surface area contributed by atoms with Crippen molar-refractivity contribution < 1.29 is 18.7 Å². The van der Waals surface area contributed by atoms with Gasteiger partial charge in [0.25, 0.3) is 5.89 Å². The van der Waals surface area contributed by atoms with Gasteiger partial charge in [0.2, 0.25) is 11.7 Å². The third-order valence-electron chi connectivity index (χ3n) is 4.26. The maximum Gasteiger partial charge on any atom is 0.258 e. The zero-order valence-electron chi connectivity index (χ0n) is 15.8. The Hall–Kier alpha value is -3.61. The van der Waals surface area contributed by atoms with E-state index in [4.69, 9.17) is 18.7 Å². The normalized spacial score (nSPS) is 10.8. The Kier molecular flexibility index (Phi) is 4.80. The third kappa shape index (κ3) is 3.34. The van der Waals surface area contributed by atoms with Crippen LogP contribution in [0.2, 0.25) is 0 Å². The van der Waals surface area contributed by atoms with Crippen molar-refractivity contribution in [2.45, 2.75) is 6.92 Å². The van der Waals surface area contributed by atoms with Crippen molar-refractivity contribution >= 4 is 10.9 Å². The Labute approximate surface area is 161 Å². The molecule has 0 unspecified atom stereocenters. The van der Waals surface area contributed by atoms with Gasteiger partial charge in [0.05, 0.1) is 31.9 Å². The fourth-order valence-corrected chi connectivity index (χ4v) is 2.89. The molecule has 0 fully saturated rings. The Balaban J connectivity index is 1.73. The Morgan fingerprint density at radius 2 is 1.68 bits per heavy atom. The van der Waals surface area contributed by atoms with Crippen molar-refractivity contribution in [3.05, 3.63) is 48.5 Å². The number of methoxy groups -OCH3 is 2. The molecule has 0 saturated heterocycles. The predicted octanol–water partition coefficient (Wildman–Crippen LogP) is 4.37. The van der Waals surface area contributed by atoms with Crippen molar-refractivity contribution in [2.24, 2.45) is 0 Å². The van der Waals surface area contributed by atoms with Crippen LogP contribution in [-0.2, 0) is 0 Å². The lowest BCUT2D eigenvalue weighted by Gasteiger charge is -2.07. The van der Waals surface area contributed by atoms with Crippen LogP contribution in [-0.4, -0.2) is 36.0 Å². The fourth-order valence-electron chi connectivity index (χ4n) is 2.89. The number of rotatable bonds is 6. The average molecular weight is 377 g/mol. The van der Waals surface area contributed by atoms with E-state index in [1.165, 1.54) is 0 Å². The summed E-state index contributed by atoms with van der Waals surface area (Å²) in [6, 6.07) is 15.0. The Morgan fingerprint density at radius 3 is 2.39 bits per heavy atom. The van der Waals surface area contributed by atoms with E-state index < -0.39 is 0 Å². The number of fused-ring (bicyclic) bond motifs is 1. The maximum absolute atomic E-state index is 5.46. The van der Waals surface area contributed by atoms with Gasteiger partial charge in [-0.1, -0.05) is 5.16 Å². The highest BCUT2D eigenvalue weighted by Crippen LogP contribution is 2.32. The first-order chi connectivity index (χ1) is 13.7. The maximum atomic E-state index is 5.46. The van der Waals surface area contributed by atoms with Crippen molar-refractivity contribution in [2.75, 3.05) is 20.8 Å². The van der Waals surface area contributed by atoms with E-state index in [1.54, 1.807) is 14.2 Å². The first-order valence-corrected chi connectivity index (χ1v) is 8.82. The zero-order chi connectivity index (χ0) is 19.5. The van der Waals surface area contributed by atoms with Crippen LogP contribution in [0.25, 0.3) is 33.7 Å². The molecule has 2 aromatic heterocycles. The van der Waals surface area contributed by atoms with Crippen molar-refractivity contribution in [3.63, 3.8) is 0 Å². The van der Waals surface area contributed by atoms with E-state index in [2.05, 4.69) is 15.1 Å². The van der Waals surface area contributed by atoms with Gasteiger partial charge in [-0.2, -0.15) is 4.98 Å². The van der Waals surface area contributed by atoms with E-state index >= 15 is 0 Å². The molecular formula is C21H19N3O4. The van der Waals surface area contributed by atoms with Crippen LogP contribution in [0.3, 0.4) is 0 Å². The third-order valence-corrected chi connectivity index (χ3v) is 4.26. The van der Waals surface area contributed by atoms with Gasteiger partial charge >= 0.3 is 0 Å². The number of aromatic nitrogens is 3. The highest BCUT2D eigenvalue weighted by Gasteiger charge is 2.17. The van der Waals surface area contributed by atoms with Crippen molar-refractivity contribution in [3.8, 4) is 40.2 Å². The number of ether oxygens (including phenoxy) is 3. The molecule has 0 radical (unpaired) electrons. The SMILES string of the molecule is CCOc1ccc(-c2nc(-c3cc4cc(OC)ccc4nc3OC)no2)cc1. The second-order valence-electron chi connectivity index (χ2n) is 5.98. The summed E-state index contributed by atoms with van der Waals surface area (Å²) in [7, 11) is 3.19. The standard InChI is InChI=1S/C21H19N3O4/c1-4-27-15-7-5-13(6-8-15)20-23-19(24-28-20)17-12-14-11-16(25-2)9-10-18(14)22-21(17)26-3/h5-12H,4H2,1-3H3. The number of hydrogen-bond acceptors (Lipinski definition) is 7. The smallest absolute Gasteiger partial charge is 0.258 e. The molecule has 0 amide bonds.